The summed E-state index contributed by atoms with van der Waals surface area (Å²) >= 11 is 0. The maximum Gasteiger partial charge on any atom is 0.253 e. The zero-order valence-electron chi connectivity index (χ0n) is 24.8. The van der Waals surface area contributed by atoms with Gasteiger partial charge in [0, 0.05) is 57.3 Å². The third kappa shape index (κ3) is 4.57. The summed E-state index contributed by atoms with van der Waals surface area (Å²) in [5, 5.41) is 9.66. The van der Waals surface area contributed by atoms with Gasteiger partial charge >= 0.3 is 0 Å². The number of rotatable bonds is 10. The number of carbonyl (C=O) groups is 3. The molecule has 2 fully saturated rings. The predicted octanol–water partition coefficient (Wildman–Crippen LogP) is 2.99. The fourth-order valence-corrected chi connectivity index (χ4v) is 7.43. The van der Waals surface area contributed by atoms with Gasteiger partial charge in [-0.3, -0.25) is 14.4 Å². The van der Waals surface area contributed by atoms with Crippen molar-refractivity contribution < 1.29 is 24.2 Å². The van der Waals surface area contributed by atoms with Crippen LogP contribution >= 0.6 is 0 Å². The molecule has 0 saturated carbocycles. The Morgan fingerprint density at radius 2 is 1.61 bits per heavy atom. The number of aliphatic hydroxyl groups excluding tert-OH is 1. The minimum atomic E-state index is -1.28. The Balaban J connectivity index is 1.58. The van der Waals surface area contributed by atoms with Crippen molar-refractivity contribution in [2.45, 2.75) is 64.2 Å². The summed E-state index contributed by atoms with van der Waals surface area (Å²) in [6.45, 7) is 11.5. The van der Waals surface area contributed by atoms with Crippen LogP contribution in [-0.4, -0.2) is 95.7 Å². The van der Waals surface area contributed by atoms with Crippen LogP contribution in [0.1, 0.15) is 47.0 Å². The van der Waals surface area contributed by atoms with Crippen LogP contribution in [0.15, 0.2) is 48.6 Å². The molecule has 1 aromatic carbocycles. The van der Waals surface area contributed by atoms with E-state index in [1.165, 1.54) is 0 Å². The smallest absolute Gasteiger partial charge is 0.253 e. The van der Waals surface area contributed by atoms with E-state index in [1.807, 2.05) is 67.3 Å². The van der Waals surface area contributed by atoms with Gasteiger partial charge in [-0.2, -0.15) is 0 Å². The van der Waals surface area contributed by atoms with Crippen molar-refractivity contribution in [2.24, 2.45) is 11.8 Å². The second-order valence-electron chi connectivity index (χ2n) is 11.5. The molecule has 4 aliphatic rings. The highest BCUT2D eigenvalue weighted by molar-refractivity contribution is 6.06. The lowest BCUT2D eigenvalue weighted by atomic mass is 9.73. The number of hydrogen-bond acceptors (Lipinski definition) is 6. The summed E-state index contributed by atoms with van der Waals surface area (Å²) < 4.78 is 6.99. The largest absolute Gasteiger partial charge is 0.396 e. The molecule has 4 aliphatic heterocycles. The topological polar surface area (TPSA) is 93.6 Å². The van der Waals surface area contributed by atoms with E-state index in [4.69, 9.17) is 4.74 Å². The highest BCUT2D eigenvalue weighted by atomic mass is 16.5. The number of nitrogens with zero attached hydrogens (tertiary/aromatic N) is 4. The highest BCUT2D eigenvalue weighted by Crippen LogP contribution is 2.58. The minimum Gasteiger partial charge on any atom is -0.396 e. The van der Waals surface area contributed by atoms with Gasteiger partial charge in [-0.15, -0.1) is 0 Å². The molecule has 222 valence electrons. The lowest BCUT2D eigenvalue weighted by Crippen LogP contribution is -2.56. The molecular weight excluding hydrogens is 520 g/mol. The van der Waals surface area contributed by atoms with E-state index < -0.39 is 29.1 Å². The number of fused-ring (bicyclic) bond motifs is 2. The molecule has 5 rings (SSSR count). The molecule has 9 nitrogen and oxygen atoms in total. The minimum absolute atomic E-state index is 0.0920. The Bertz CT molecular complexity index is 1210. The van der Waals surface area contributed by atoms with Crippen molar-refractivity contribution >= 4 is 29.1 Å². The van der Waals surface area contributed by atoms with E-state index in [9.17, 15) is 19.5 Å². The van der Waals surface area contributed by atoms with Gasteiger partial charge < -0.3 is 29.4 Å². The Labute approximate surface area is 243 Å². The number of amides is 3. The van der Waals surface area contributed by atoms with E-state index in [-0.39, 0.29) is 30.9 Å². The third-order valence-electron chi connectivity index (χ3n) is 9.36. The summed E-state index contributed by atoms with van der Waals surface area (Å²) in [6, 6.07) is 7.00. The molecule has 1 unspecified atom stereocenters. The first-order chi connectivity index (χ1) is 19.8. The summed E-state index contributed by atoms with van der Waals surface area (Å²) in [5.74, 6) is -2.13. The average Bonchev–Trinajstić information content (AvgIpc) is 3.27. The average molecular weight is 565 g/mol. The molecule has 1 spiro atoms. The number of carbonyl (C=O) groups excluding carboxylic acids is 3. The maximum absolute atomic E-state index is 14.6. The Morgan fingerprint density at radius 1 is 0.902 bits per heavy atom. The first-order valence-electron chi connectivity index (χ1n) is 15.2. The molecule has 4 heterocycles. The van der Waals surface area contributed by atoms with Crippen LogP contribution in [-0.2, 0) is 19.1 Å². The molecule has 9 heteroatoms. The molecule has 0 bridgehead atoms. The number of hydrogen-bond donors (Lipinski definition) is 1. The normalized spacial score (nSPS) is 30.8. The molecular formula is C32H44N4O5. The molecule has 1 aromatic rings. The third-order valence-corrected chi connectivity index (χ3v) is 9.36. The van der Waals surface area contributed by atoms with Crippen LogP contribution < -0.4 is 9.80 Å². The van der Waals surface area contributed by atoms with Gasteiger partial charge in [-0.1, -0.05) is 38.2 Å². The van der Waals surface area contributed by atoms with Crippen molar-refractivity contribution in [2.75, 3.05) is 55.7 Å². The van der Waals surface area contributed by atoms with Gasteiger partial charge in [-0.05, 0) is 57.4 Å². The van der Waals surface area contributed by atoms with E-state index in [0.29, 0.717) is 32.5 Å². The molecule has 3 amide bonds. The van der Waals surface area contributed by atoms with Crippen LogP contribution in [0.4, 0.5) is 11.4 Å². The van der Waals surface area contributed by atoms with Crippen LogP contribution in [0, 0.1) is 11.8 Å². The van der Waals surface area contributed by atoms with Crippen molar-refractivity contribution in [3.05, 3.63) is 48.6 Å². The summed E-state index contributed by atoms with van der Waals surface area (Å²) in [5.41, 5.74) is -0.435. The number of likely N-dealkylation sites (tertiary alicyclic amines) is 1. The summed E-state index contributed by atoms with van der Waals surface area (Å²) in [7, 11) is 0. The lowest BCUT2D eigenvalue weighted by molar-refractivity contribution is -0.150. The van der Waals surface area contributed by atoms with E-state index in [2.05, 4.69) is 18.7 Å². The second kappa shape index (κ2) is 11.6. The fraction of sp³-hybridized carbons (Fsp3) is 0.594. The molecule has 1 N–H and O–H groups in total. The maximum atomic E-state index is 14.6. The zero-order valence-corrected chi connectivity index (χ0v) is 24.8. The number of ether oxygens (including phenoxy) is 1. The summed E-state index contributed by atoms with van der Waals surface area (Å²) in [4.78, 5) is 50.3. The van der Waals surface area contributed by atoms with Gasteiger partial charge in [-0.25, -0.2) is 0 Å². The van der Waals surface area contributed by atoms with Gasteiger partial charge in [0.15, 0.2) is 0 Å². The molecule has 41 heavy (non-hydrogen) atoms. The van der Waals surface area contributed by atoms with Gasteiger partial charge in [0.05, 0.1) is 17.4 Å². The molecule has 2 saturated heterocycles. The number of benzene rings is 1. The van der Waals surface area contributed by atoms with E-state index >= 15 is 0 Å². The number of aliphatic hydroxyl groups is 1. The van der Waals surface area contributed by atoms with Gasteiger partial charge in [0.25, 0.3) is 5.91 Å². The second-order valence-corrected chi connectivity index (χ2v) is 11.5. The Hall–Kier alpha value is -3.17. The quantitative estimate of drug-likeness (QED) is 0.440. The van der Waals surface area contributed by atoms with Gasteiger partial charge in [0.2, 0.25) is 11.8 Å². The Kier molecular flexibility index (Phi) is 8.30. The van der Waals surface area contributed by atoms with Crippen molar-refractivity contribution in [3.8, 4) is 0 Å². The van der Waals surface area contributed by atoms with E-state index in [1.54, 1.807) is 9.80 Å². The van der Waals surface area contributed by atoms with Crippen molar-refractivity contribution in [1.29, 1.82) is 0 Å². The monoisotopic (exact) mass is 564 g/mol. The van der Waals surface area contributed by atoms with Crippen LogP contribution in [0.3, 0.4) is 0 Å². The first-order valence-corrected chi connectivity index (χ1v) is 15.2. The SMILES string of the molecule is CCCN1CC=C[C@@]2(CC)O[C@]34C=CCN(c5ccc(N(CC)CC)cc5)C(=O)C3N(CCCO)C(=O)[C@@H]4[C@H]2C1=O. The number of anilines is 2. The first kappa shape index (κ1) is 29.3. The fourth-order valence-electron chi connectivity index (χ4n) is 7.43. The Morgan fingerprint density at radius 3 is 2.24 bits per heavy atom. The van der Waals surface area contributed by atoms with Crippen molar-refractivity contribution in [1.82, 2.24) is 9.80 Å². The zero-order chi connectivity index (χ0) is 29.4. The highest BCUT2D eigenvalue weighted by Gasteiger charge is 2.75. The van der Waals surface area contributed by atoms with Crippen LogP contribution in [0.25, 0.3) is 0 Å². The van der Waals surface area contributed by atoms with Crippen LogP contribution in [0.2, 0.25) is 0 Å². The summed E-state index contributed by atoms with van der Waals surface area (Å²) in [6.07, 6.45) is 9.39. The molecule has 0 aliphatic carbocycles. The molecule has 5 atom stereocenters. The lowest BCUT2D eigenvalue weighted by Gasteiger charge is -2.38. The van der Waals surface area contributed by atoms with Crippen molar-refractivity contribution in [3.63, 3.8) is 0 Å². The van der Waals surface area contributed by atoms with E-state index in [0.717, 1.165) is 30.9 Å². The van der Waals surface area contributed by atoms with Gasteiger partial charge in [0.1, 0.15) is 11.6 Å². The standard InChI is InChI=1S/C32H44N4O5/c1-5-18-34-19-9-16-31(6-2)25(28(34)38)26-29(39)36(21-11-22-37)27-30(40)35(20-10-17-32(26,27)41-31)24-14-12-23(13-15-24)33(7-3)8-4/h9-10,12-17,25-27,37H,5-8,11,18-22H2,1-4H3/t25-,26-,27?,31+,32-/m0/s1. The molecule has 0 radical (unpaired) electrons. The predicted molar refractivity (Wildman–Crippen MR) is 159 cm³/mol. The molecule has 0 aromatic heterocycles. The van der Waals surface area contributed by atoms with Crippen LogP contribution in [0.5, 0.6) is 0 Å².